The Hall–Kier alpha value is -0.610. The lowest BCUT2D eigenvalue weighted by atomic mass is 9.82. The summed E-state index contributed by atoms with van der Waals surface area (Å²) in [5, 5.41) is 0. The summed E-state index contributed by atoms with van der Waals surface area (Å²) in [6.45, 7) is 9.95. The average molecular weight is 256 g/mol. The highest BCUT2D eigenvalue weighted by atomic mass is 16.5. The summed E-state index contributed by atoms with van der Waals surface area (Å²) in [4.78, 5) is 13.9. The van der Waals surface area contributed by atoms with Gasteiger partial charge in [0.1, 0.15) is 6.04 Å². The number of likely N-dealkylation sites (tertiary alicyclic amines) is 1. The highest BCUT2D eigenvalue weighted by molar-refractivity contribution is 5.75. The van der Waals surface area contributed by atoms with Crippen LogP contribution >= 0.6 is 0 Å². The second kappa shape index (κ2) is 7.10. The molecule has 0 aromatic heterocycles. The van der Waals surface area contributed by atoms with E-state index in [1.807, 2.05) is 6.92 Å². The predicted octanol–water partition coefficient (Wildman–Crippen LogP) is 1.78. The monoisotopic (exact) mass is 256 g/mol. The zero-order valence-electron chi connectivity index (χ0n) is 12.1. The lowest BCUT2D eigenvalue weighted by Crippen LogP contribution is -2.37. The summed E-state index contributed by atoms with van der Waals surface area (Å²) in [6.07, 6.45) is 4.45. The molecule has 1 unspecified atom stereocenters. The molecule has 1 heterocycles. The lowest BCUT2D eigenvalue weighted by molar-refractivity contribution is -0.144. The van der Waals surface area contributed by atoms with Gasteiger partial charge in [-0.05, 0) is 44.6 Å². The third-order valence-electron chi connectivity index (χ3n) is 4.36. The van der Waals surface area contributed by atoms with Crippen molar-refractivity contribution in [3.8, 4) is 0 Å². The molecule has 106 valence electrons. The SMILES string of the molecule is CCOC(=O)C(N)CCN1CCC(CC)(CC)C1. The molecule has 2 N–H and O–H groups in total. The minimum atomic E-state index is -0.469. The van der Waals surface area contributed by atoms with Crippen LogP contribution in [0.1, 0.15) is 46.5 Å². The van der Waals surface area contributed by atoms with E-state index < -0.39 is 6.04 Å². The molecule has 1 atom stereocenters. The van der Waals surface area contributed by atoms with Gasteiger partial charge in [-0.15, -0.1) is 0 Å². The Morgan fingerprint density at radius 3 is 2.56 bits per heavy atom. The molecular formula is C14H28N2O2. The van der Waals surface area contributed by atoms with E-state index in [1.165, 1.54) is 19.3 Å². The Morgan fingerprint density at radius 2 is 2.06 bits per heavy atom. The number of nitrogens with zero attached hydrogens (tertiary/aromatic N) is 1. The molecule has 18 heavy (non-hydrogen) atoms. The number of hydrogen-bond donors (Lipinski definition) is 1. The number of ether oxygens (including phenoxy) is 1. The molecule has 1 aliphatic rings. The molecule has 0 bridgehead atoms. The zero-order chi connectivity index (χ0) is 13.6. The largest absolute Gasteiger partial charge is 0.465 e. The Labute approximate surface area is 111 Å². The molecule has 1 fully saturated rings. The van der Waals surface area contributed by atoms with Gasteiger partial charge in [0.05, 0.1) is 6.61 Å². The van der Waals surface area contributed by atoms with Crippen molar-refractivity contribution in [2.45, 2.75) is 52.5 Å². The second-order valence-electron chi connectivity index (χ2n) is 5.38. The molecular weight excluding hydrogens is 228 g/mol. The number of hydrogen-bond acceptors (Lipinski definition) is 4. The summed E-state index contributed by atoms with van der Waals surface area (Å²) in [6, 6.07) is -0.469. The average Bonchev–Trinajstić information content (AvgIpc) is 2.80. The van der Waals surface area contributed by atoms with Gasteiger partial charge < -0.3 is 15.4 Å². The van der Waals surface area contributed by atoms with Crippen molar-refractivity contribution < 1.29 is 9.53 Å². The third kappa shape index (κ3) is 3.95. The Bertz CT molecular complexity index is 265. The van der Waals surface area contributed by atoms with Gasteiger partial charge in [-0.2, -0.15) is 0 Å². The molecule has 0 amide bonds. The van der Waals surface area contributed by atoms with Crippen molar-refractivity contribution in [1.82, 2.24) is 4.90 Å². The molecule has 0 spiro atoms. The molecule has 0 aromatic carbocycles. The van der Waals surface area contributed by atoms with Crippen molar-refractivity contribution in [1.29, 1.82) is 0 Å². The fourth-order valence-electron chi connectivity index (χ4n) is 2.73. The first-order valence-corrected chi connectivity index (χ1v) is 7.21. The highest BCUT2D eigenvalue weighted by Crippen LogP contribution is 2.36. The van der Waals surface area contributed by atoms with E-state index >= 15 is 0 Å². The fourth-order valence-corrected chi connectivity index (χ4v) is 2.73. The van der Waals surface area contributed by atoms with E-state index in [1.54, 1.807) is 0 Å². The van der Waals surface area contributed by atoms with Crippen LogP contribution < -0.4 is 5.73 Å². The zero-order valence-corrected chi connectivity index (χ0v) is 12.1. The second-order valence-corrected chi connectivity index (χ2v) is 5.38. The topological polar surface area (TPSA) is 55.6 Å². The lowest BCUT2D eigenvalue weighted by Gasteiger charge is -2.26. The molecule has 0 aliphatic carbocycles. The summed E-state index contributed by atoms with van der Waals surface area (Å²) >= 11 is 0. The van der Waals surface area contributed by atoms with Crippen LogP contribution in [0, 0.1) is 5.41 Å². The van der Waals surface area contributed by atoms with Gasteiger partial charge in [-0.25, -0.2) is 0 Å². The highest BCUT2D eigenvalue weighted by Gasteiger charge is 2.34. The van der Waals surface area contributed by atoms with Gasteiger partial charge in [-0.3, -0.25) is 4.79 Å². The van der Waals surface area contributed by atoms with Gasteiger partial charge >= 0.3 is 5.97 Å². The van der Waals surface area contributed by atoms with Crippen LogP contribution in [0.15, 0.2) is 0 Å². The molecule has 0 aromatic rings. The van der Waals surface area contributed by atoms with Gasteiger partial charge in [0.25, 0.3) is 0 Å². The van der Waals surface area contributed by atoms with Crippen LogP contribution in [0.2, 0.25) is 0 Å². The van der Waals surface area contributed by atoms with Crippen molar-refractivity contribution in [2.24, 2.45) is 11.1 Å². The van der Waals surface area contributed by atoms with Crippen molar-refractivity contribution in [2.75, 3.05) is 26.2 Å². The molecule has 4 heteroatoms. The third-order valence-corrected chi connectivity index (χ3v) is 4.36. The number of esters is 1. The van der Waals surface area contributed by atoms with Crippen LogP contribution in [0.4, 0.5) is 0 Å². The van der Waals surface area contributed by atoms with E-state index in [9.17, 15) is 4.79 Å². The normalized spacial score (nSPS) is 20.9. The summed E-state index contributed by atoms with van der Waals surface area (Å²) in [7, 11) is 0. The summed E-state index contributed by atoms with van der Waals surface area (Å²) < 4.78 is 4.92. The maximum Gasteiger partial charge on any atom is 0.322 e. The van der Waals surface area contributed by atoms with E-state index in [4.69, 9.17) is 10.5 Å². The number of carbonyl (C=O) groups excluding carboxylic acids is 1. The van der Waals surface area contributed by atoms with Crippen LogP contribution in [0.25, 0.3) is 0 Å². The number of nitrogens with two attached hydrogens (primary N) is 1. The van der Waals surface area contributed by atoms with E-state index in [0.717, 1.165) is 19.6 Å². The number of rotatable bonds is 7. The van der Waals surface area contributed by atoms with E-state index in [0.29, 0.717) is 18.4 Å². The first-order valence-electron chi connectivity index (χ1n) is 7.21. The Balaban J connectivity index is 2.31. The van der Waals surface area contributed by atoms with Crippen LogP contribution in [0.5, 0.6) is 0 Å². The maximum absolute atomic E-state index is 11.4. The van der Waals surface area contributed by atoms with E-state index in [-0.39, 0.29) is 5.97 Å². The van der Waals surface area contributed by atoms with Crippen LogP contribution in [-0.2, 0) is 9.53 Å². The predicted molar refractivity (Wildman–Crippen MR) is 73.3 cm³/mol. The Morgan fingerprint density at radius 1 is 1.39 bits per heavy atom. The van der Waals surface area contributed by atoms with Crippen molar-refractivity contribution in [3.63, 3.8) is 0 Å². The molecule has 1 rings (SSSR count). The Kier molecular flexibility index (Phi) is 6.09. The van der Waals surface area contributed by atoms with Gasteiger partial charge in [0.15, 0.2) is 0 Å². The van der Waals surface area contributed by atoms with Crippen molar-refractivity contribution >= 4 is 5.97 Å². The van der Waals surface area contributed by atoms with Crippen LogP contribution in [-0.4, -0.2) is 43.2 Å². The number of carbonyl (C=O) groups is 1. The molecule has 4 nitrogen and oxygen atoms in total. The van der Waals surface area contributed by atoms with Gasteiger partial charge in [0.2, 0.25) is 0 Å². The first-order chi connectivity index (χ1) is 8.56. The summed E-state index contributed by atoms with van der Waals surface area (Å²) in [5.41, 5.74) is 6.31. The standard InChI is InChI=1S/C14H28N2O2/c1-4-14(5-2)8-10-16(11-14)9-7-12(15)13(17)18-6-3/h12H,4-11,15H2,1-3H3. The molecule has 0 saturated carbocycles. The van der Waals surface area contributed by atoms with Crippen LogP contribution in [0.3, 0.4) is 0 Å². The molecule has 1 aliphatic heterocycles. The maximum atomic E-state index is 11.4. The van der Waals surface area contributed by atoms with Gasteiger partial charge in [0, 0.05) is 13.1 Å². The summed E-state index contributed by atoms with van der Waals surface area (Å²) in [5.74, 6) is -0.269. The van der Waals surface area contributed by atoms with Gasteiger partial charge in [-0.1, -0.05) is 13.8 Å². The van der Waals surface area contributed by atoms with E-state index in [2.05, 4.69) is 18.7 Å². The minimum absolute atomic E-state index is 0.269. The molecule has 1 saturated heterocycles. The fraction of sp³-hybridized carbons (Fsp3) is 0.929. The van der Waals surface area contributed by atoms with Crippen molar-refractivity contribution in [3.05, 3.63) is 0 Å². The molecule has 0 radical (unpaired) electrons. The smallest absolute Gasteiger partial charge is 0.322 e. The first kappa shape index (κ1) is 15.4. The quantitative estimate of drug-likeness (QED) is 0.705. The minimum Gasteiger partial charge on any atom is -0.465 e.